The number of nitrogens with zero attached hydrogens (tertiary/aromatic N) is 2. The van der Waals surface area contributed by atoms with Crippen molar-refractivity contribution in [3.8, 4) is 11.3 Å². The monoisotopic (exact) mass is 391 g/mol. The Hall–Kier alpha value is -2.91. The Morgan fingerprint density at radius 3 is 2.26 bits per heavy atom. The lowest BCUT2D eigenvalue weighted by Crippen LogP contribution is -2.32. The van der Waals surface area contributed by atoms with Crippen LogP contribution < -0.4 is 10.3 Å². The molecule has 1 N–H and O–H groups in total. The van der Waals surface area contributed by atoms with E-state index in [1.54, 1.807) is 6.07 Å². The van der Waals surface area contributed by atoms with Crippen LogP contribution >= 0.6 is 0 Å². The van der Waals surface area contributed by atoms with E-state index in [1.807, 2.05) is 30.3 Å². The molecule has 0 aliphatic heterocycles. The van der Waals surface area contributed by atoms with Gasteiger partial charge in [0.1, 0.15) is 11.6 Å². The standard InChI is InChI=1S/C18H15F2N3O3S/c19-14-7-4-8-15(20)18(14)27(25,26)21-11-12-23-17(24)10-9-16(22-23)13-5-2-1-3-6-13/h1-10,21H,11-12H2. The Morgan fingerprint density at radius 1 is 0.926 bits per heavy atom. The summed E-state index contributed by atoms with van der Waals surface area (Å²) in [4.78, 5) is 10.9. The molecule has 6 nitrogen and oxygen atoms in total. The topological polar surface area (TPSA) is 81.1 Å². The summed E-state index contributed by atoms with van der Waals surface area (Å²) < 4.78 is 54.8. The van der Waals surface area contributed by atoms with E-state index < -0.39 is 32.1 Å². The SMILES string of the molecule is O=c1ccc(-c2ccccc2)nn1CCNS(=O)(=O)c1c(F)cccc1F. The van der Waals surface area contributed by atoms with E-state index in [9.17, 15) is 22.0 Å². The number of nitrogens with one attached hydrogen (secondary N) is 1. The highest BCUT2D eigenvalue weighted by atomic mass is 32.2. The Balaban J connectivity index is 1.77. The molecule has 3 aromatic rings. The Kier molecular flexibility index (Phi) is 5.43. The van der Waals surface area contributed by atoms with Gasteiger partial charge in [-0.05, 0) is 18.2 Å². The minimum absolute atomic E-state index is 0.102. The van der Waals surface area contributed by atoms with Crippen LogP contribution in [0.25, 0.3) is 11.3 Å². The molecule has 0 bridgehead atoms. The summed E-state index contributed by atoms with van der Waals surface area (Å²) in [5, 5.41) is 4.19. The summed E-state index contributed by atoms with van der Waals surface area (Å²) in [6.07, 6.45) is 0. The Morgan fingerprint density at radius 2 is 1.59 bits per heavy atom. The van der Waals surface area contributed by atoms with Gasteiger partial charge in [0, 0.05) is 18.2 Å². The van der Waals surface area contributed by atoms with Gasteiger partial charge in [-0.2, -0.15) is 5.10 Å². The van der Waals surface area contributed by atoms with Crippen molar-refractivity contribution in [2.24, 2.45) is 0 Å². The summed E-state index contributed by atoms with van der Waals surface area (Å²) in [6, 6.07) is 14.8. The van der Waals surface area contributed by atoms with Crippen LogP contribution in [0.5, 0.6) is 0 Å². The maximum absolute atomic E-state index is 13.7. The van der Waals surface area contributed by atoms with Gasteiger partial charge in [-0.3, -0.25) is 4.79 Å². The van der Waals surface area contributed by atoms with Crippen LogP contribution in [0.2, 0.25) is 0 Å². The quantitative estimate of drug-likeness (QED) is 0.698. The van der Waals surface area contributed by atoms with E-state index in [0.29, 0.717) is 5.69 Å². The van der Waals surface area contributed by atoms with Gasteiger partial charge in [-0.15, -0.1) is 0 Å². The first-order valence-electron chi connectivity index (χ1n) is 7.96. The minimum Gasteiger partial charge on any atom is -0.268 e. The van der Waals surface area contributed by atoms with E-state index in [4.69, 9.17) is 0 Å². The van der Waals surface area contributed by atoms with Gasteiger partial charge in [-0.25, -0.2) is 26.6 Å². The average Bonchev–Trinajstić information content (AvgIpc) is 2.63. The second kappa shape index (κ2) is 7.77. The van der Waals surface area contributed by atoms with Crippen molar-refractivity contribution in [2.45, 2.75) is 11.4 Å². The lowest BCUT2D eigenvalue weighted by Gasteiger charge is -2.10. The van der Waals surface area contributed by atoms with Gasteiger partial charge in [0.25, 0.3) is 5.56 Å². The smallest absolute Gasteiger partial charge is 0.266 e. The lowest BCUT2D eigenvalue weighted by molar-refractivity contribution is 0.508. The fraction of sp³-hybridized carbons (Fsp3) is 0.111. The lowest BCUT2D eigenvalue weighted by atomic mass is 10.1. The molecule has 140 valence electrons. The van der Waals surface area contributed by atoms with Crippen molar-refractivity contribution in [1.29, 1.82) is 0 Å². The van der Waals surface area contributed by atoms with Crippen molar-refractivity contribution in [3.05, 3.63) is 82.7 Å². The zero-order valence-electron chi connectivity index (χ0n) is 14.0. The van der Waals surface area contributed by atoms with Crippen LogP contribution in [0.15, 0.2) is 70.4 Å². The summed E-state index contributed by atoms with van der Waals surface area (Å²) in [5.41, 5.74) is 0.907. The number of hydrogen-bond donors (Lipinski definition) is 1. The number of aromatic nitrogens is 2. The fourth-order valence-electron chi connectivity index (χ4n) is 2.47. The molecule has 27 heavy (non-hydrogen) atoms. The first kappa shape index (κ1) is 18.9. The van der Waals surface area contributed by atoms with E-state index in [2.05, 4.69) is 9.82 Å². The van der Waals surface area contributed by atoms with E-state index in [-0.39, 0.29) is 13.1 Å². The van der Waals surface area contributed by atoms with Crippen LogP contribution in [0, 0.1) is 11.6 Å². The molecule has 1 heterocycles. The summed E-state index contributed by atoms with van der Waals surface area (Å²) >= 11 is 0. The number of benzene rings is 2. The van der Waals surface area contributed by atoms with E-state index in [1.165, 1.54) is 6.07 Å². The number of rotatable bonds is 6. The van der Waals surface area contributed by atoms with Gasteiger partial charge < -0.3 is 0 Å². The number of halogens is 2. The summed E-state index contributed by atoms with van der Waals surface area (Å²) in [6.45, 7) is -0.365. The molecular weight excluding hydrogens is 376 g/mol. The summed E-state index contributed by atoms with van der Waals surface area (Å²) in [7, 11) is -4.41. The van der Waals surface area contributed by atoms with Crippen molar-refractivity contribution in [3.63, 3.8) is 0 Å². The Labute approximate surface area is 154 Å². The Bertz CT molecular complexity index is 1100. The fourth-order valence-corrected chi connectivity index (χ4v) is 3.62. The molecule has 9 heteroatoms. The van der Waals surface area contributed by atoms with Crippen molar-refractivity contribution >= 4 is 10.0 Å². The molecule has 0 amide bonds. The van der Waals surface area contributed by atoms with Gasteiger partial charge in [-0.1, -0.05) is 36.4 Å². The highest BCUT2D eigenvalue weighted by Crippen LogP contribution is 2.18. The maximum Gasteiger partial charge on any atom is 0.266 e. The van der Waals surface area contributed by atoms with Crippen LogP contribution in [-0.4, -0.2) is 24.7 Å². The number of sulfonamides is 1. The molecule has 0 atom stereocenters. The first-order valence-corrected chi connectivity index (χ1v) is 9.44. The zero-order valence-corrected chi connectivity index (χ0v) is 14.8. The van der Waals surface area contributed by atoms with Crippen LogP contribution in [-0.2, 0) is 16.6 Å². The third kappa shape index (κ3) is 4.26. The molecule has 0 aliphatic carbocycles. The average molecular weight is 391 g/mol. The van der Waals surface area contributed by atoms with E-state index in [0.717, 1.165) is 28.4 Å². The predicted octanol–water partition coefficient (Wildman–Crippen LogP) is 2.17. The second-order valence-corrected chi connectivity index (χ2v) is 7.30. The highest BCUT2D eigenvalue weighted by molar-refractivity contribution is 7.89. The molecule has 0 spiro atoms. The minimum atomic E-state index is -4.41. The summed E-state index contributed by atoms with van der Waals surface area (Å²) in [5.74, 6) is -2.38. The van der Waals surface area contributed by atoms with Gasteiger partial charge in [0.2, 0.25) is 10.0 Å². The second-order valence-electron chi connectivity index (χ2n) is 5.59. The van der Waals surface area contributed by atoms with Gasteiger partial charge >= 0.3 is 0 Å². The molecule has 0 fully saturated rings. The number of hydrogen-bond acceptors (Lipinski definition) is 4. The third-order valence-corrected chi connectivity index (χ3v) is 5.25. The van der Waals surface area contributed by atoms with E-state index >= 15 is 0 Å². The first-order chi connectivity index (χ1) is 12.9. The largest absolute Gasteiger partial charge is 0.268 e. The van der Waals surface area contributed by atoms with Crippen LogP contribution in [0.3, 0.4) is 0 Å². The zero-order chi connectivity index (χ0) is 19.4. The molecule has 0 unspecified atom stereocenters. The molecule has 0 saturated carbocycles. The molecule has 3 rings (SSSR count). The van der Waals surface area contributed by atoms with Crippen molar-refractivity contribution in [2.75, 3.05) is 6.54 Å². The van der Waals surface area contributed by atoms with Gasteiger partial charge in [0.15, 0.2) is 4.90 Å². The van der Waals surface area contributed by atoms with Crippen molar-refractivity contribution in [1.82, 2.24) is 14.5 Å². The molecule has 0 saturated heterocycles. The van der Waals surface area contributed by atoms with Crippen LogP contribution in [0.4, 0.5) is 8.78 Å². The molecule has 1 aromatic heterocycles. The van der Waals surface area contributed by atoms with Crippen LogP contribution in [0.1, 0.15) is 0 Å². The van der Waals surface area contributed by atoms with Crippen molar-refractivity contribution < 1.29 is 17.2 Å². The third-order valence-electron chi connectivity index (χ3n) is 3.74. The molecule has 0 radical (unpaired) electrons. The molecule has 0 aliphatic rings. The maximum atomic E-state index is 13.7. The normalized spacial score (nSPS) is 11.5. The molecular formula is C18H15F2N3O3S. The van der Waals surface area contributed by atoms with Gasteiger partial charge in [0.05, 0.1) is 12.2 Å². The highest BCUT2D eigenvalue weighted by Gasteiger charge is 2.23. The molecule has 2 aromatic carbocycles. The predicted molar refractivity (Wildman–Crippen MR) is 95.5 cm³/mol.